The average Bonchev–Trinajstić information content (AvgIpc) is 2.39. The molecule has 0 aliphatic heterocycles. The lowest BCUT2D eigenvalue weighted by atomic mass is 9.97. The highest BCUT2D eigenvalue weighted by Crippen LogP contribution is 2.14. The second kappa shape index (κ2) is 9.75. The zero-order valence-corrected chi connectivity index (χ0v) is 11.7. The highest BCUT2D eigenvalue weighted by Gasteiger charge is 2.18. The number of ether oxygens (including phenoxy) is 2. The first-order chi connectivity index (χ1) is 8.91. The number of carbonyl (C=O) groups is 2. The van der Waals surface area contributed by atoms with E-state index in [2.05, 4.69) is 4.74 Å². The molecule has 0 bridgehead atoms. The summed E-state index contributed by atoms with van der Waals surface area (Å²) in [6, 6.07) is 0. The minimum atomic E-state index is -0.427. The topological polar surface area (TPSA) is 93.1 Å². The number of hydrogen-bond donors (Lipinski definition) is 2. The second-order valence-corrected chi connectivity index (χ2v) is 5.13. The van der Waals surface area contributed by atoms with E-state index in [0.717, 1.165) is 0 Å². The molecular weight excluding hydrogens is 252 g/mol. The normalized spacial score (nSPS) is 11.2. The van der Waals surface area contributed by atoms with E-state index in [-0.39, 0.29) is 51.2 Å². The van der Waals surface area contributed by atoms with Gasteiger partial charge < -0.3 is 19.7 Å². The van der Waals surface area contributed by atoms with Crippen LogP contribution in [0.15, 0.2) is 0 Å². The van der Waals surface area contributed by atoms with E-state index in [1.807, 2.05) is 0 Å². The molecule has 0 aromatic heterocycles. The van der Waals surface area contributed by atoms with Gasteiger partial charge in [-0.25, -0.2) is 0 Å². The Morgan fingerprint density at radius 1 is 1.00 bits per heavy atom. The van der Waals surface area contributed by atoms with Crippen molar-refractivity contribution in [2.45, 2.75) is 39.5 Å². The Morgan fingerprint density at radius 2 is 1.53 bits per heavy atom. The van der Waals surface area contributed by atoms with Gasteiger partial charge in [0.1, 0.15) is 6.61 Å². The van der Waals surface area contributed by atoms with Gasteiger partial charge in [0.15, 0.2) is 0 Å². The summed E-state index contributed by atoms with van der Waals surface area (Å²) in [4.78, 5) is 22.4. The summed E-state index contributed by atoms with van der Waals surface area (Å²) in [6.45, 7) is 3.57. The molecule has 0 saturated heterocycles. The summed E-state index contributed by atoms with van der Waals surface area (Å²) in [5.74, 6) is -0.700. The van der Waals surface area contributed by atoms with E-state index in [1.54, 1.807) is 13.8 Å². The molecule has 19 heavy (non-hydrogen) atoms. The number of esters is 2. The van der Waals surface area contributed by atoms with Gasteiger partial charge in [-0.05, 0) is 12.8 Å². The largest absolute Gasteiger partial charge is 0.465 e. The van der Waals surface area contributed by atoms with Crippen LogP contribution in [0.1, 0.15) is 39.5 Å². The molecular formula is C13H24O6. The van der Waals surface area contributed by atoms with Crippen LogP contribution in [0.3, 0.4) is 0 Å². The lowest BCUT2D eigenvalue weighted by Gasteiger charge is -2.20. The minimum Gasteiger partial charge on any atom is -0.465 e. The van der Waals surface area contributed by atoms with E-state index in [9.17, 15) is 9.59 Å². The van der Waals surface area contributed by atoms with Crippen LogP contribution >= 0.6 is 0 Å². The number of rotatable bonds is 10. The van der Waals surface area contributed by atoms with Gasteiger partial charge in [0.2, 0.25) is 0 Å². The van der Waals surface area contributed by atoms with E-state index < -0.39 is 5.41 Å². The maximum absolute atomic E-state index is 11.4. The standard InChI is InChI=1S/C13H24O6/c1-13(2,9-15)10-19-12(17)6-4-3-5-11(16)18-8-7-14/h14-15H,3-10H2,1-2H3. The lowest BCUT2D eigenvalue weighted by molar-refractivity contribution is -0.148. The molecule has 0 heterocycles. The molecule has 112 valence electrons. The first kappa shape index (κ1) is 17.9. The lowest BCUT2D eigenvalue weighted by Crippen LogP contribution is -2.25. The van der Waals surface area contributed by atoms with Crippen molar-refractivity contribution in [1.29, 1.82) is 0 Å². The maximum Gasteiger partial charge on any atom is 0.305 e. The van der Waals surface area contributed by atoms with Crippen molar-refractivity contribution in [3.05, 3.63) is 0 Å². The fraction of sp³-hybridized carbons (Fsp3) is 0.846. The van der Waals surface area contributed by atoms with Crippen molar-refractivity contribution in [3.63, 3.8) is 0 Å². The van der Waals surface area contributed by atoms with Crippen LogP contribution in [0.4, 0.5) is 0 Å². The van der Waals surface area contributed by atoms with Crippen molar-refractivity contribution in [2.24, 2.45) is 5.41 Å². The van der Waals surface area contributed by atoms with Crippen LogP contribution in [-0.4, -0.2) is 48.6 Å². The zero-order valence-electron chi connectivity index (χ0n) is 11.7. The van der Waals surface area contributed by atoms with Crippen LogP contribution in [0, 0.1) is 5.41 Å². The molecule has 2 N–H and O–H groups in total. The molecule has 6 heteroatoms. The fourth-order valence-electron chi connectivity index (χ4n) is 1.16. The fourth-order valence-corrected chi connectivity index (χ4v) is 1.16. The summed E-state index contributed by atoms with van der Waals surface area (Å²) >= 11 is 0. The van der Waals surface area contributed by atoms with Crippen molar-refractivity contribution in [3.8, 4) is 0 Å². The minimum absolute atomic E-state index is 0.0110. The molecule has 0 unspecified atom stereocenters. The first-order valence-electron chi connectivity index (χ1n) is 6.44. The van der Waals surface area contributed by atoms with Crippen LogP contribution in [-0.2, 0) is 19.1 Å². The smallest absolute Gasteiger partial charge is 0.305 e. The third kappa shape index (κ3) is 10.5. The van der Waals surface area contributed by atoms with Gasteiger partial charge in [-0.2, -0.15) is 0 Å². The van der Waals surface area contributed by atoms with Crippen molar-refractivity contribution >= 4 is 11.9 Å². The molecule has 0 radical (unpaired) electrons. The Kier molecular flexibility index (Phi) is 9.16. The van der Waals surface area contributed by atoms with Gasteiger partial charge in [0.05, 0.1) is 19.8 Å². The highest BCUT2D eigenvalue weighted by molar-refractivity contribution is 5.70. The third-order valence-electron chi connectivity index (χ3n) is 2.42. The summed E-state index contributed by atoms with van der Waals surface area (Å²) in [5, 5.41) is 17.4. The molecule has 0 rings (SSSR count). The molecule has 0 fully saturated rings. The molecule has 0 aliphatic carbocycles. The Labute approximate surface area is 113 Å². The molecule has 0 aliphatic rings. The quantitative estimate of drug-likeness (QED) is 0.449. The van der Waals surface area contributed by atoms with Crippen molar-refractivity contribution in [2.75, 3.05) is 26.4 Å². The summed E-state index contributed by atoms with van der Waals surface area (Å²) < 4.78 is 9.69. The highest BCUT2D eigenvalue weighted by atomic mass is 16.5. The Hall–Kier alpha value is -1.14. The Bertz CT molecular complexity index is 274. The number of aliphatic hydroxyl groups excluding tert-OH is 2. The monoisotopic (exact) mass is 276 g/mol. The van der Waals surface area contributed by atoms with Crippen LogP contribution in [0.2, 0.25) is 0 Å². The molecule has 0 spiro atoms. The van der Waals surface area contributed by atoms with Crippen LogP contribution < -0.4 is 0 Å². The number of carbonyl (C=O) groups excluding carboxylic acids is 2. The van der Waals surface area contributed by atoms with E-state index in [0.29, 0.717) is 12.8 Å². The van der Waals surface area contributed by atoms with Crippen LogP contribution in [0.25, 0.3) is 0 Å². The molecule has 0 aromatic rings. The molecule has 0 amide bonds. The number of hydrogen-bond acceptors (Lipinski definition) is 6. The number of unbranched alkanes of at least 4 members (excludes halogenated alkanes) is 1. The van der Waals surface area contributed by atoms with Gasteiger partial charge in [0, 0.05) is 18.3 Å². The van der Waals surface area contributed by atoms with Gasteiger partial charge in [-0.15, -0.1) is 0 Å². The zero-order chi connectivity index (χ0) is 14.7. The van der Waals surface area contributed by atoms with Gasteiger partial charge in [-0.1, -0.05) is 13.8 Å². The summed E-state index contributed by atoms with van der Waals surface area (Å²) in [5.41, 5.74) is -0.427. The molecule has 0 aromatic carbocycles. The Balaban J connectivity index is 3.56. The Morgan fingerprint density at radius 3 is 2.00 bits per heavy atom. The van der Waals surface area contributed by atoms with Gasteiger partial charge in [-0.3, -0.25) is 9.59 Å². The van der Waals surface area contributed by atoms with E-state index in [1.165, 1.54) is 0 Å². The molecule has 6 nitrogen and oxygen atoms in total. The van der Waals surface area contributed by atoms with Gasteiger partial charge >= 0.3 is 11.9 Å². The van der Waals surface area contributed by atoms with E-state index >= 15 is 0 Å². The third-order valence-corrected chi connectivity index (χ3v) is 2.42. The summed E-state index contributed by atoms with van der Waals surface area (Å²) in [7, 11) is 0. The first-order valence-corrected chi connectivity index (χ1v) is 6.44. The van der Waals surface area contributed by atoms with Gasteiger partial charge in [0.25, 0.3) is 0 Å². The predicted molar refractivity (Wildman–Crippen MR) is 68.3 cm³/mol. The number of aliphatic hydroxyl groups is 2. The second-order valence-electron chi connectivity index (χ2n) is 5.13. The van der Waals surface area contributed by atoms with Crippen molar-refractivity contribution < 1.29 is 29.3 Å². The SMILES string of the molecule is CC(C)(CO)COC(=O)CCCCC(=O)OCCO. The van der Waals surface area contributed by atoms with E-state index in [4.69, 9.17) is 14.9 Å². The molecule has 0 saturated carbocycles. The predicted octanol–water partition coefficient (Wildman–Crippen LogP) is 0.644. The van der Waals surface area contributed by atoms with Crippen molar-refractivity contribution in [1.82, 2.24) is 0 Å². The average molecular weight is 276 g/mol. The maximum atomic E-state index is 11.4. The van der Waals surface area contributed by atoms with Crippen LogP contribution in [0.5, 0.6) is 0 Å². The molecule has 0 atom stereocenters. The summed E-state index contributed by atoms with van der Waals surface area (Å²) in [6.07, 6.45) is 1.57.